The van der Waals surface area contributed by atoms with Crippen LogP contribution in [0.1, 0.15) is 39.9 Å². The highest BCUT2D eigenvalue weighted by molar-refractivity contribution is 5.89. The largest absolute Gasteiger partial charge is 0.496 e. The van der Waals surface area contributed by atoms with Gasteiger partial charge in [0.25, 0.3) is 0 Å². The molecule has 8 nitrogen and oxygen atoms in total. The molecule has 0 aromatic heterocycles. The SMILES string of the molecule is COC(=O)c1cccc(CCN(C)CCCC(C#N)(C(=O)OC)c2ccc(OC)c(CO)c2)c1. The summed E-state index contributed by atoms with van der Waals surface area (Å²) in [7, 11) is 6.08. The quantitative estimate of drug-likeness (QED) is 0.474. The average Bonchev–Trinajstić information content (AvgIpc) is 2.88. The predicted molar refractivity (Wildman–Crippen MR) is 126 cm³/mol. The van der Waals surface area contributed by atoms with E-state index in [-0.39, 0.29) is 19.0 Å². The molecule has 1 atom stereocenters. The van der Waals surface area contributed by atoms with E-state index in [2.05, 4.69) is 11.0 Å². The first-order chi connectivity index (χ1) is 16.3. The molecule has 0 saturated carbocycles. The summed E-state index contributed by atoms with van der Waals surface area (Å²) in [6, 6.07) is 14.4. The highest BCUT2D eigenvalue weighted by Gasteiger charge is 2.42. The van der Waals surface area contributed by atoms with Gasteiger partial charge in [-0.05, 0) is 68.2 Å². The molecule has 0 saturated heterocycles. The van der Waals surface area contributed by atoms with Gasteiger partial charge >= 0.3 is 11.9 Å². The number of ether oxygens (including phenoxy) is 3. The molecule has 0 amide bonds. The van der Waals surface area contributed by atoms with E-state index in [1.165, 1.54) is 21.3 Å². The number of hydrogen-bond acceptors (Lipinski definition) is 8. The number of benzene rings is 2. The van der Waals surface area contributed by atoms with Gasteiger partial charge < -0.3 is 24.2 Å². The van der Waals surface area contributed by atoms with Gasteiger partial charge in [-0.25, -0.2) is 9.59 Å². The van der Waals surface area contributed by atoms with Crippen molar-refractivity contribution in [1.29, 1.82) is 5.26 Å². The van der Waals surface area contributed by atoms with Gasteiger partial charge in [0.05, 0.1) is 39.6 Å². The minimum atomic E-state index is -1.49. The lowest BCUT2D eigenvalue weighted by Gasteiger charge is -2.26. The summed E-state index contributed by atoms with van der Waals surface area (Å²) in [6.07, 6.45) is 1.57. The van der Waals surface area contributed by atoms with Crippen molar-refractivity contribution >= 4 is 11.9 Å². The van der Waals surface area contributed by atoms with Crippen LogP contribution in [0.3, 0.4) is 0 Å². The molecule has 0 spiro atoms. The summed E-state index contributed by atoms with van der Waals surface area (Å²) < 4.78 is 15.0. The Morgan fingerprint density at radius 3 is 2.47 bits per heavy atom. The number of carbonyl (C=O) groups is 2. The van der Waals surface area contributed by atoms with Crippen LogP contribution in [0.25, 0.3) is 0 Å². The third-order valence-electron chi connectivity index (χ3n) is 5.89. The second kappa shape index (κ2) is 12.7. The molecule has 2 aromatic rings. The van der Waals surface area contributed by atoms with Crippen molar-refractivity contribution in [1.82, 2.24) is 4.90 Å². The zero-order valence-electron chi connectivity index (χ0n) is 20.2. The van der Waals surface area contributed by atoms with Gasteiger partial charge in [0.2, 0.25) is 0 Å². The Morgan fingerprint density at radius 2 is 1.85 bits per heavy atom. The Kier molecular flexibility index (Phi) is 10.0. The number of rotatable bonds is 12. The lowest BCUT2D eigenvalue weighted by atomic mass is 9.77. The monoisotopic (exact) mass is 468 g/mol. The third-order valence-corrected chi connectivity index (χ3v) is 5.89. The van der Waals surface area contributed by atoms with Gasteiger partial charge in [0.1, 0.15) is 5.75 Å². The van der Waals surface area contributed by atoms with Gasteiger partial charge in [-0.1, -0.05) is 18.2 Å². The normalized spacial score (nSPS) is 12.5. The fraction of sp³-hybridized carbons (Fsp3) is 0.423. The minimum absolute atomic E-state index is 0.259. The number of esters is 2. The van der Waals surface area contributed by atoms with E-state index in [4.69, 9.17) is 14.2 Å². The van der Waals surface area contributed by atoms with Crippen LogP contribution in [-0.2, 0) is 32.7 Å². The first kappa shape index (κ1) is 26.8. The summed E-state index contributed by atoms with van der Waals surface area (Å²) in [5.74, 6) is -0.515. The van der Waals surface area contributed by atoms with E-state index in [0.717, 1.165) is 18.5 Å². The summed E-state index contributed by atoms with van der Waals surface area (Å²) in [5, 5.41) is 19.7. The van der Waals surface area contributed by atoms with Crippen LogP contribution >= 0.6 is 0 Å². The van der Waals surface area contributed by atoms with Crippen molar-refractivity contribution in [2.45, 2.75) is 31.3 Å². The average molecular weight is 469 g/mol. The van der Waals surface area contributed by atoms with Crippen LogP contribution in [0.15, 0.2) is 42.5 Å². The van der Waals surface area contributed by atoms with Gasteiger partial charge in [0, 0.05) is 12.1 Å². The molecule has 0 fully saturated rings. The molecule has 2 aromatic carbocycles. The lowest BCUT2D eigenvalue weighted by Crippen LogP contribution is -2.37. The summed E-state index contributed by atoms with van der Waals surface area (Å²) in [5.41, 5.74) is 1.01. The first-order valence-corrected chi connectivity index (χ1v) is 11.0. The van der Waals surface area contributed by atoms with Gasteiger partial charge in [-0.15, -0.1) is 0 Å². The van der Waals surface area contributed by atoms with Crippen molar-refractivity contribution in [2.75, 3.05) is 41.5 Å². The molecule has 2 rings (SSSR count). The highest BCUT2D eigenvalue weighted by atomic mass is 16.5. The first-order valence-electron chi connectivity index (χ1n) is 11.0. The van der Waals surface area contributed by atoms with Crippen molar-refractivity contribution in [3.8, 4) is 11.8 Å². The van der Waals surface area contributed by atoms with Crippen molar-refractivity contribution in [2.24, 2.45) is 0 Å². The number of likely N-dealkylation sites (N-methyl/N-ethyl adjacent to an activating group) is 1. The molecule has 0 aliphatic rings. The van der Waals surface area contributed by atoms with Gasteiger partial charge in [-0.3, -0.25) is 0 Å². The number of aliphatic hydroxyl groups excluding tert-OH is 1. The summed E-state index contributed by atoms with van der Waals surface area (Å²) >= 11 is 0. The second-order valence-corrected chi connectivity index (χ2v) is 8.04. The lowest BCUT2D eigenvalue weighted by molar-refractivity contribution is -0.145. The van der Waals surface area contributed by atoms with E-state index in [9.17, 15) is 20.0 Å². The van der Waals surface area contributed by atoms with Crippen molar-refractivity contribution in [3.05, 3.63) is 64.7 Å². The smallest absolute Gasteiger partial charge is 0.337 e. The minimum Gasteiger partial charge on any atom is -0.496 e. The van der Waals surface area contributed by atoms with E-state index in [1.54, 1.807) is 24.3 Å². The number of aliphatic hydroxyl groups is 1. The highest BCUT2D eigenvalue weighted by Crippen LogP contribution is 2.34. The standard InChI is InChI=1S/C26H32N2O6/c1-28(14-11-19-7-5-8-20(15-19)24(30)33-3)13-6-12-26(18-27,25(31)34-4)22-9-10-23(32-2)21(16-22)17-29/h5,7-10,15-16,29H,6,11-14,17H2,1-4H3. The number of methoxy groups -OCH3 is 3. The maximum atomic E-state index is 12.7. The summed E-state index contributed by atoms with van der Waals surface area (Å²) in [4.78, 5) is 26.6. The number of nitrogens with zero attached hydrogens (tertiary/aromatic N) is 2. The maximum absolute atomic E-state index is 12.7. The topological polar surface area (TPSA) is 109 Å². The fourth-order valence-electron chi connectivity index (χ4n) is 3.89. The van der Waals surface area contributed by atoms with Gasteiger partial charge in [0.15, 0.2) is 5.41 Å². The van der Waals surface area contributed by atoms with Crippen molar-refractivity contribution in [3.63, 3.8) is 0 Å². The Bertz CT molecular complexity index is 1030. The van der Waals surface area contributed by atoms with E-state index < -0.39 is 11.4 Å². The molecule has 0 bridgehead atoms. The van der Waals surface area contributed by atoms with Crippen LogP contribution < -0.4 is 4.74 Å². The summed E-state index contributed by atoms with van der Waals surface area (Å²) in [6.45, 7) is 1.11. The zero-order valence-corrected chi connectivity index (χ0v) is 20.2. The molecular weight excluding hydrogens is 436 g/mol. The van der Waals surface area contributed by atoms with E-state index in [1.807, 2.05) is 25.2 Å². The number of hydrogen-bond donors (Lipinski definition) is 1. The molecule has 0 aliphatic carbocycles. The number of carbonyl (C=O) groups excluding carboxylic acids is 2. The molecular formula is C26H32N2O6. The van der Waals surface area contributed by atoms with Crippen LogP contribution in [0.4, 0.5) is 0 Å². The predicted octanol–water partition coefficient (Wildman–Crippen LogP) is 2.86. The second-order valence-electron chi connectivity index (χ2n) is 8.04. The zero-order chi connectivity index (χ0) is 25.1. The van der Waals surface area contributed by atoms with E-state index in [0.29, 0.717) is 35.4 Å². The van der Waals surface area contributed by atoms with Crippen LogP contribution in [0, 0.1) is 11.3 Å². The van der Waals surface area contributed by atoms with Crippen molar-refractivity contribution < 1.29 is 28.9 Å². The number of nitriles is 1. The fourth-order valence-corrected chi connectivity index (χ4v) is 3.89. The third kappa shape index (κ3) is 6.34. The Balaban J connectivity index is 2.07. The molecule has 34 heavy (non-hydrogen) atoms. The Morgan fingerprint density at radius 1 is 1.09 bits per heavy atom. The molecule has 8 heteroatoms. The molecule has 182 valence electrons. The molecule has 0 radical (unpaired) electrons. The van der Waals surface area contributed by atoms with Crippen LogP contribution in [0.5, 0.6) is 5.75 Å². The Labute approximate surface area is 200 Å². The van der Waals surface area contributed by atoms with Crippen LogP contribution in [0.2, 0.25) is 0 Å². The molecule has 0 heterocycles. The van der Waals surface area contributed by atoms with Gasteiger partial charge in [-0.2, -0.15) is 5.26 Å². The molecule has 1 N–H and O–H groups in total. The maximum Gasteiger partial charge on any atom is 0.337 e. The van der Waals surface area contributed by atoms with E-state index >= 15 is 0 Å². The Hall–Kier alpha value is -3.41. The molecule has 1 unspecified atom stereocenters. The van der Waals surface area contributed by atoms with Crippen LogP contribution in [-0.4, -0.2) is 63.4 Å². The molecule has 0 aliphatic heterocycles.